The second-order valence-electron chi connectivity index (χ2n) is 7.24. The summed E-state index contributed by atoms with van der Waals surface area (Å²) in [7, 11) is 0. The topological polar surface area (TPSA) is 57.5 Å². The number of aliphatic hydroxyl groups is 1. The van der Waals surface area contributed by atoms with E-state index >= 15 is 0 Å². The summed E-state index contributed by atoms with van der Waals surface area (Å²) < 4.78 is 0. The number of aliphatic hydroxyl groups excluding tert-OH is 1. The van der Waals surface area contributed by atoms with Gasteiger partial charge in [-0.25, -0.2) is 4.79 Å². The number of aryl methyl sites for hydroxylation is 1. The number of carboxylic acids is 1. The van der Waals surface area contributed by atoms with Gasteiger partial charge in [-0.1, -0.05) is 37.8 Å². The van der Waals surface area contributed by atoms with Gasteiger partial charge >= 0.3 is 5.97 Å². The molecule has 0 radical (unpaired) electrons. The third-order valence-corrected chi connectivity index (χ3v) is 5.92. The molecular formula is C22H22O3S. The predicted octanol–water partition coefficient (Wildman–Crippen LogP) is 4.55. The average molecular weight is 366 g/mol. The van der Waals surface area contributed by atoms with E-state index in [9.17, 15) is 9.90 Å². The molecule has 1 unspecified atom stereocenters. The van der Waals surface area contributed by atoms with Crippen LogP contribution in [0.2, 0.25) is 0 Å². The molecule has 1 heterocycles. The Morgan fingerprint density at radius 2 is 2.00 bits per heavy atom. The summed E-state index contributed by atoms with van der Waals surface area (Å²) in [5.41, 5.74) is 3.80. The summed E-state index contributed by atoms with van der Waals surface area (Å²) in [5.74, 6) is 6.10. The second-order valence-corrected chi connectivity index (χ2v) is 8.38. The molecule has 1 aliphatic heterocycles. The van der Waals surface area contributed by atoms with Gasteiger partial charge in [-0.15, -0.1) is 11.8 Å². The summed E-state index contributed by atoms with van der Waals surface area (Å²) in [6, 6.07) is 11.0. The molecule has 0 amide bonds. The van der Waals surface area contributed by atoms with Gasteiger partial charge in [-0.2, -0.15) is 0 Å². The fourth-order valence-corrected chi connectivity index (χ4v) is 4.63. The molecule has 0 bridgehead atoms. The first kappa shape index (κ1) is 18.6. The number of rotatable bonds is 2. The van der Waals surface area contributed by atoms with Crippen molar-refractivity contribution in [3.8, 4) is 11.8 Å². The van der Waals surface area contributed by atoms with Gasteiger partial charge in [0.2, 0.25) is 0 Å². The minimum absolute atomic E-state index is 0.140. The lowest BCUT2D eigenvalue weighted by atomic mass is 9.81. The first-order valence-corrected chi connectivity index (χ1v) is 9.57. The molecular weight excluding hydrogens is 344 g/mol. The van der Waals surface area contributed by atoms with E-state index in [1.54, 1.807) is 19.1 Å². The summed E-state index contributed by atoms with van der Waals surface area (Å²) in [6.07, 6.45) is 0.189. The van der Waals surface area contributed by atoms with Crippen molar-refractivity contribution < 1.29 is 15.0 Å². The molecule has 1 atom stereocenters. The third-order valence-electron chi connectivity index (χ3n) is 4.84. The molecule has 134 valence electrons. The smallest absolute Gasteiger partial charge is 0.335 e. The number of carbonyl (C=O) groups is 1. The largest absolute Gasteiger partial charge is 0.478 e. The summed E-state index contributed by atoms with van der Waals surface area (Å²) in [4.78, 5) is 12.4. The predicted molar refractivity (Wildman–Crippen MR) is 105 cm³/mol. The van der Waals surface area contributed by atoms with E-state index in [-0.39, 0.29) is 11.0 Å². The van der Waals surface area contributed by atoms with Crippen LogP contribution >= 0.6 is 11.8 Å². The molecule has 3 nitrogen and oxygen atoms in total. The normalized spacial score (nSPS) is 16.2. The van der Waals surface area contributed by atoms with Crippen molar-refractivity contribution in [1.29, 1.82) is 0 Å². The Kier molecular flexibility index (Phi) is 5.13. The van der Waals surface area contributed by atoms with Crippen LogP contribution in [0.25, 0.3) is 0 Å². The van der Waals surface area contributed by atoms with Crippen LogP contribution in [-0.4, -0.2) is 21.9 Å². The highest BCUT2D eigenvalue weighted by Gasteiger charge is 2.27. The zero-order valence-electron chi connectivity index (χ0n) is 15.2. The Bertz CT molecular complexity index is 919. The van der Waals surface area contributed by atoms with E-state index in [1.807, 2.05) is 17.8 Å². The van der Waals surface area contributed by atoms with E-state index in [0.717, 1.165) is 17.7 Å². The quantitative estimate of drug-likeness (QED) is 0.766. The van der Waals surface area contributed by atoms with Crippen LogP contribution in [0.4, 0.5) is 0 Å². The van der Waals surface area contributed by atoms with Crippen molar-refractivity contribution in [1.82, 2.24) is 0 Å². The molecule has 26 heavy (non-hydrogen) atoms. The molecule has 2 N–H and O–H groups in total. The zero-order chi connectivity index (χ0) is 18.9. The van der Waals surface area contributed by atoms with Crippen molar-refractivity contribution >= 4 is 17.7 Å². The molecule has 0 aromatic heterocycles. The van der Waals surface area contributed by atoms with Gasteiger partial charge in [0.15, 0.2) is 0 Å². The van der Waals surface area contributed by atoms with E-state index in [1.165, 1.54) is 16.5 Å². The molecule has 0 saturated carbocycles. The number of hydrogen-bond donors (Lipinski definition) is 2. The Morgan fingerprint density at radius 1 is 1.23 bits per heavy atom. The van der Waals surface area contributed by atoms with Gasteiger partial charge in [-0.3, -0.25) is 0 Å². The summed E-state index contributed by atoms with van der Waals surface area (Å²) in [6.45, 7) is 6.23. The third kappa shape index (κ3) is 3.80. The number of thioether (sulfide) groups is 1. The highest BCUT2D eigenvalue weighted by molar-refractivity contribution is 7.99. The lowest BCUT2D eigenvalue weighted by Crippen LogP contribution is -2.22. The SMILES string of the molecule is Cc1cc(C(O)C#Cc2ccc3c(c2)C(C)(C)CCS3)ccc1C(=O)O. The Morgan fingerprint density at radius 3 is 2.69 bits per heavy atom. The number of fused-ring (bicyclic) bond motifs is 1. The number of hydrogen-bond acceptors (Lipinski definition) is 3. The van der Waals surface area contributed by atoms with E-state index in [2.05, 4.69) is 37.8 Å². The van der Waals surface area contributed by atoms with Crippen LogP contribution in [0, 0.1) is 18.8 Å². The minimum atomic E-state index is -0.968. The van der Waals surface area contributed by atoms with Gasteiger partial charge in [0.05, 0.1) is 5.56 Å². The molecule has 0 saturated heterocycles. The zero-order valence-corrected chi connectivity index (χ0v) is 16.0. The van der Waals surface area contributed by atoms with E-state index in [0.29, 0.717) is 11.1 Å². The lowest BCUT2D eigenvalue weighted by Gasteiger charge is -2.32. The van der Waals surface area contributed by atoms with Crippen molar-refractivity contribution in [3.05, 3.63) is 64.2 Å². The monoisotopic (exact) mass is 366 g/mol. The first-order valence-electron chi connectivity index (χ1n) is 8.59. The highest BCUT2D eigenvalue weighted by atomic mass is 32.2. The second kappa shape index (κ2) is 7.19. The van der Waals surface area contributed by atoms with Crippen LogP contribution < -0.4 is 0 Å². The summed E-state index contributed by atoms with van der Waals surface area (Å²) in [5, 5.41) is 19.4. The fraction of sp³-hybridized carbons (Fsp3) is 0.318. The van der Waals surface area contributed by atoms with Crippen LogP contribution in [0.15, 0.2) is 41.3 Å². The average Bonchev–Trinajstić information content (AvgIpc) is 2.59. The van der Waals surface area contributed by atoms with Crippen molar-refractivity contribution in [2.24, 2.45) is 0 Å². The van der Waals surface area contributed by atoms with E-state index in [4.69, 9.17) is 5.11 Å². The number of aromatic carboxylic acids is 1. The minimum Gasteiger partial charge on any atom is -0.478 e. The Labute approximate surface area is 158 Å². The molecule has 4 heteroatoms. The van der Waals surface area contributed by atoms with Gasteiger partial charge in [-0.05, 0) is 65.5 Å². The molecule has 0 fully saturated rings. The highest BCUT2D eigenvalue weighted by Crippen LogP contribution is 2.41. The van der Waals surface area contributed by atoms with Gasteiger partial charge in [0, 0.05) is 10.5 Å². The first-order chi connectivity index (χ1) is 12.3. The lowest BCUT2D eigenvalue weighted by molar-refractivity contribution is 0.0696. The Hall–Kier alpha value is -2.22. The standard InChI is InChI=1S/C22H22O3S/c1-14-12-16(6-7-17(14)21(24)25)19(23)8-4-15-5-9-20-18(13-15)22(2,3)10-11-26-20/h5-7,9,12-13,19,23H,10-11H2,1-3H3,(H,24,25). The molecule has 3 rings (SSSR count). The molecule has 2 aromatic rings. The van der Waals surface area contributed by atoms with Crippen LogP contribution in [0.1, 0.15) is 59.0 Å². The maximum Gasteiger partial charge on any atom is 0.335 e. The molecule has 1 aliphatic rings. The van der Waals surface area contributed by atoms with E-state index < -0.39 is 12.1 Å². The van der Waals surface area contributed by atoms with Gasteiger partial charge in [0.1, 0.15) is 6.10 Å². The Balaban J connectivity index is 1.86. The molecule has 2 aromatic carbocycles. The maximum atomic E-state index is 11.1. The number of benzene rings is 2. The van der Waals surface area contributed by atoms with Crippen molar-refractivity contribution in [2.75, 3.05) is 5.75 Å². The van der Waals surface area contributed by atoms with Crippen LogP contribution in [0.3, 0.4) is 0 Å². The van der Waals surface area contributed by atoms with Crippen molar-refractivity contribution in [2.45, 2.75) is 43.6 Å². The number of carboxylic acid groups (broad SMARTS) is 1. The van der Waals surface area contributed by atoms with Gasteiger partial charge in [0.25, 0.3) is 0 Å². The molecule has 0 aliphatic carbocycles. The van der Waals surface area contributed by atoms with Crippen LogP contribution in [0.5, 0.6) is 0 Å². The van der Waals surface area contributed by atoms with Crippen molar-refractivity contribution in [3.63, 3.8) is 0 Å². The summed E-state index contributed by atoms with van der Waals surface area (Å²) >= 11 is 1.88. The fourth-order valence-electron chi connectivity index (χ4n) is 3.15. The van der Waals surface area contributed by atoms with Gasteiger partial charge < -0.3 is 10.2 Å². The maximum absolute atomic E-state index is 11.1. The van der Waals surface area contributed by atoms with Crippen LogP contribution in [-0.2, 0) is 5.41 Å². The molecule has 0 spiro atoms.